The lowest BCUT2D eigenvalue weighted by Gasteiger charge is -2.30. The summed E-state index contributed by atoms with van der Waals surface area (Å²) in [5.74, 6) is -2.10. The first-order chi connectivity index (χ1) is 19.8. The maximum absolute atomic E-state index is 13.6. The third-order valence-corrected chi connectivity index (χ3v) is 8.52. The van der Waals surface area contributed by atoms with E-state index in [9.17, 15) is 24.3 Å². The highest BCUT2D eigenvalue weighted by atomic mass is 16.4. The molecule has 2 aromatic rings. The van der Waals surface area contributed by atoms with E-state index >= 15 is 0 Å². The lowest BCUT2D eigenvalue weighted by molar-refractivity contribution is -0.143. The van der Waals surface area contributed by atoms with Gasteiger partial charge in [-0.25, -0.2) is 4.79 Å². The fraction of sp³-hybridized carbons (Fsp3) is 0.600. The molecule has 11 heteroatoms. The zero-order valence-corrected chi connectivity index (χ0v) is 23.6. The number of aromatic nitrogens is 1. The van der Waals surface area contributed by atoms with Crippen LogP contribution in [0.3, 0.4) is 0 Å². The van der Waals surface area contributed by atoms with Crippen LogP contribution in [0, 0.1) is 5.92 Å². The number of likely N-dealkylation sites (tertiary alicyclic amines) is 1. The second-order valence-corrected chi connectivity index (χ2v) is 11.5. The average molecular weight is 569 g/mol. The second kappa shape index (κ2) is 14.5. The van der Waals surface area contributed by atoms with Crippen LogP contribution in [0.5, 0.6) is 0 Å². The van der Waals surface area contributed by atoms with Crippen LogP contribution in [0.25, 0.3) is 10.9 Å². The van der Waals surface area contributed by atoms with E-state index in [0.29, 0.717) is 45.2 Å². The van der Waals surface area contributed by atoms with Crippen molar-refractivity contribution >= 4 is 34.6 Å². The topological polar surface area (TPSA) is 184 Å². The van der Waals surface area contributed by atoms with Crippen molar-refractivity contribution in [3.63, 3.8) is 0 Å². The van der Waals surface area contributed by atoms with Crippen molar-refractivity contribution in [1.29, 1.82) is 0 Å². The van der Waals surface area contributed by atoms with Crippen LogP contribution >= 0.6 is 0 Å². The number of fused-ring (bicyclic) bond motifs is 1. The minimum Gasteiger partial charge on any atom is -0.480 e. The largest absolute Gasteiger partial charge is 0.480 e. The van der Waals surface area contributed by atoms with E-state index in [2.05, 4.69) is 15.6 Å². The molecule has 3 amide bonds. The van der Waals surface area contributed by atoms with Crippen LogP contribution in [-0.4, -0.2) is 75.9 Å². The molecule has 8 N–H and O–H groups in total. The number of nitrogens with zero attached hydrogens (tertiary/aromatic N) is 1. The van der Waals surface area contributed by atoms with Crippen molar-refractivity contribution in [3.05, 3.63) is 36.0 Å². The summed E-state index contributed by atoms with van der Waals surface area (Å²) in [4.78, 5) is 57.0. The van der Waals surface area contributed by atoms with Gasteiger partial charge < -0.3 is 37.1 Å². The number of hydrogen-bond acceptors (Lipinski definition) is 6. The van der Waals surface area contributed by atoms with Crippen LogP contribution in [0.1, 0.15) is 69.8 Å². The fourth-order valence-electron chi connectivity index (χ4n) is 6.23. The number of nitrogens with two attached hydrogens (primary N) is 2. The number of amides is 3. The molecular formula is C30H44N6O5. The van der Waals surface area contributed by atoms with Gasteiger partial charge in [0.05, 0.1) is 6.04 Å². The van der Waals surface area contributed by atoms with Gasteiger partial charge in [-0.3, -0.25) is 14.4 Å². The summed E-state index contributed by atoms with van der Waals surface area (Å²) in [5, 5.41) is 16.5. The van der Waals surface area contributed by atoms with E-state index in [1.54, 1.807) is 6.20 Å². The second-order valence-electron chi connectivity index (χ2n) is 11.5. The molecule has 2 aliphatic rings. The molecule has 1 aromatic heterocycles. The standard InChI is InChI=1S/C30H44N6O5/c31-14-6-11-22(32)29(39)36-15-7-13-26(36)28(38)34-24(16-19-8-2-1-3-9-19)27(37)35-25(30(40)41)17-20-18-33-23-12-5-4-10-21(20)23/h4-5,10,12,18-19,22,24-26,33H,1-3,6-9,11,13-17,31-32H2,(H,34,38)(H,35,37)(H,40,41)/t22-,24+,25-,26-/m0/s1. The Morgan fingerprint density at radius 1 is 1.02 bits per heavy atom. The number of carboxylic acid groups (broad SMARTS) is 1. The summed E-state index contributed by atoms with van der Waals surface area (Å²) >= 11 is 0. The molecule has 0 bridgehead atoms. The number of carbonyl (C=O) groups excluding carboxylic acids is 3. The predicted octanol–water partition coefficient (Wildman–Crippen LogP) is 1.79. The maximum Gasteiger partial charge on any atom is 0.326 e. The Bertz CT molecular complexity index is 1210. The number of nitrogens with one attached hydrogen (secondary N) is 3. The molecule has 1 aromatic carbocycles. The summed E-state index contributed by atoms with van der Waals surface area (Å²) in [6.45, 7) is 0.860. The summed E-state index contributed by atoms with van der Waals surface area (Å²) in [6.07, 6.45) is 9.69. The van der Waals surface area contributed by atoms with Crippen LogP contribution < -0.4 is 22.1 Å². The zero-order valence-electron chi connectivity index (χ0n) is 23.6. The number of hydrogen-bond donors (Lipinski definition) is 6. The predicted molar refractivity (Wildman–Crippen MR) is 156 cm³/mol. The molecule has 0 unspecified atom stereocenters. The molecule has 4 rings (SSSR count). The van der Waals surface area contributed by atoms with Gasteiger partial charge in [0.15, 0.2) is 0 Å². The highest BCUT2D eigenvalue weighted by Crippen LogP contribution is 2.28. The maximum atomic E-state index is 13.6. The van der Waals surface area contributed by atoms with Gasteiger partial charge in [0.2, 0.25) is 17.7 Å². The summed E-state index contributed by atoms with van der Waals surface area (Å²) < 4.78 is 0. The van der Waals surface area contributed by atoms with E-state index in [-0.39, 0.29) is 18.2 Å². The number of rotatable bonds is 13. The Morgan fingerprint density at radius 3 is 2.51 bits per heavy atom. The molecule has 0 radical (unpaired) electrons. The van der Waals surface area contributed by atoms with Crippen molar-refractivity contribution in [2.45, 2.75) is 94.8 Å². The van der Waals surface area contributed by atoms with Crippen LogP contribution in [-0.2, 0) is 25.6 Å². The molecule has 4 atom stereocenters. The van der Waals surface area contributed by atoms with Crippen LogP contribution in [0.2, 0.25) is 0 Å². The van der Waals surface area contributed by atoms with Gasteiger partial charge in [0.1, 0.15) is 18.1 Å². The Balaban J connectivity index is 1.47. The molecule has 41 heavy (non-hydrogen) atoms. The van der Waals surface area contributed by atoms with Crippen LogP contribution in [0.15, 0.2) is 30.5 Å². The van der Waals surface area contributed by atoms with Crippen molar-refractivity contribution in [2.24, 2.45) is 17.4 Å². The van der Waals surface area contributed by atoms with Crippen molar-refractivity contribution < 1.29 is 24.3 Å². The van der Waals surface area contributed by atoms with Gasteiger partial charge in [0.25, 0.3) is 0 Å². The molecule has 1 aliphatic carbocycles. The Labute approximate surface area is 240 Å². The summed E-state index contributed by atoms with van der Waals surface area (Å²) in [5.41, 5.74) is 13.3. The molecule has 0 spiro atoms. The lowest BCUT2D eigenvalue weighted by Crippen LogP contribution is -2.57. The van der Waals surface area contributed by atoms with E-state index in [1.165, 1.54) is 4.90 Å². The summed E-state index contributed by atoms with van der Waals surface area (Å²) in [6, 6.07) is 4.08. The Morgan fingerprint density at radius 2 is 1.78 bits per heavy atom. The Hall–Kier alpha value is -3.44. The molecular weight excluding hydrogens is 524 g/mol. The fourth-order valence-corrected chi connectivity index (χ4v) is 6.23. The number of carbonyl (C=O) groups is 4. The van der Waals surface area contributed by atoms with Crippen LogP contribution in [0.4, 0.5) is 0 Å². The third kappa shape index (κ3) is 7.85. The first-order valence-corrected chi connectivity index (χ1v) is 14.9. The number of aromatic amines is 1. The highest BCUT2D eigenvalue weighted by molar-refractivity contribution is 5.94. The molecule has 2 heterocycles. The smallest absolute Gasteiger partial charge is 0.326 e. The van der Waals surface area contributed by atoms with E-state index in [4.69, 9.17) is 11.5 Å². The number of H-pyrrole nitrogens is 1. The average Bonchev–Trinajstić information content (AvgIpc) is 3.63. The molecule has 11 nitrogen and oxygen atoms in total. The van der Waals surface area contributed by atoms with Crippen molar-refractivity contribution in [3.8, 4) is 0 Å². The quantitative estimate of drug-likeness (QED) is 0.213. The zero-order chi connectivity index (χ0) is 29.4. The van der Waals surface area contributed by atoms with Gasteiger partial charge in [-0.1, -0.05) is 50.3 Å². The Kier molecular flexibility index (Phi) is 10.8. The monoisotopic (exact) mass is 568 g/mol. The number of aliphatic carboxylic acids is 1. The van der Waals surface area contributed by atoms with Crippen molar-refractivity contribution in [2.75, 3.05) is 13.1 Å². The SMILES string of the molecule is NCCC[C@H](N)C(=O)N1CCC[C@H]1C(=O)N[C@H](CC1CCCCC1)C(=O)N[C@@H](Cc1c[nH]c2ccccc12)C(=O)O. The highest BCUT2D eigenvalue weighted by Gasteiger charge is 2.38. The normalized spacial score (nSPS) is 20.0. The van der Waals surface area contributed by atoms with Crippen molar-refractivity contribution in [1.82, 2.24) is 20.5 Å². The van der Waals surface area contributed by atoms with Gasteiger partial charge in [-0.2, -0.15) is 0 Å². The minimum atomic E-state index is -1.17. The molecule has 2 fully saturated rings. The first kappa shape index (κ1) is 30.5. The van der Waals surface area contributed by atoms with Gasteiger partial charge >= 0.3 is 5.97 Å². The first-order valence-electron chi connectivity index (χ1n) is 14.9. The molecule has 1 aliphatic heterocycles. The third-order valence-electron chi connectivity index (χ3n) is 8.52. The van der Waals surface area contributed by atoms with Gasteiger partial charge in [-0.05, 0) is 56.2 Å². The van der Waals surface area contributed by atoms with E-state index < -0.39 is 42.0 Å². The van der Waals surface area contributed by atoms with E-state index in [1.807, 2.05) is 24.3 Å². The van der Waals surface area contributed by atoms with E-state index in [0.717, 1.165) is 48.6 Å². The molecule has 1 saturated heterocycles. The lowest BCUT2D eigenvalue weighted by atomic mass is 9.84. The number of carboxylic acids is 1. The van der Waals surface area contributed by atoms with Gasteiger partial charge in [-0.15, -0.1) is 0 Å². The van der Waals surface area contributed by atoms with Gasteiger partial charge in [0, 0.05) is 30.1 Å². The number of benzene rings is 1. The minimum absolute atomic E-state index is 0.0980. The molecule has 1 saturated carbocycles. The summed E-state index contributed by atoms with van der Waals surface area (Å²) in [7, 11) is 0. The number of para-hydroxylation sites is 1. The molecule has 224 valence electrons.